The van der Waals surface area contributed by atoms with E-state index < -0.39 is 6.10 Å². The zero-order valence-corrected chi connectivity index (χ0v) is 43.0. The molecule has 0 aromatic carbocycles. The third-order valence-corrected chi connectivity index (χ3v) is 12.0. The van der Waals surface area contributed by atoms with E-state index in [2.05, 4.69) is 81.5 Å². The maximum atomic E-state index is 12.8. The second kappa shape index (κ2) is 53.7. The molecule has 0 amide bonds. The Morgan fingerprint density at radius 1 is 0.323 bits per heavy atom. The van der Waals surface area contributed by atoms with Crippen LogP contribution < -0.4 is 0 Å². The maximum Gasteiger partial charge on any atom is 0.306 e. The Kier molecular flexibility index (Phi) is 51.3. The highest BCUT2D eigenvalue weighted by Gasteiger charge is 2.19. The lowest BCUT2D eigenvalue weighted by Crippen LogP contribution is -2.30. The first-order valence-corrected chi connectivity index (χ1v) is 27.8. The molecule has 6 nitrogen and oxygen atoms in total. The fraction of sp³-hybridized carbons (Fsp3) is 0.780. The van der Waals surface area contributed by atoms with Crippen LogP contribution >= 0.6 is 0 Å². The van der Waals surface area contributed by atoms with Crippen molar-refractivity contribution in [3.8, 4) is 0 Å². The molecule has 65 heavy (non-hydrogen) atoms. The fourth-order valence-corrected chi connectivity index (χ4v) is 7.84. The summed E-state index contributed by atoms with van der Waals surface area (Å²) < 4.78 is 16.8. The van der Waals surface area contributed by atoms with E-state index in [1.165, 1.54) is 154 Å². The second-order valence-corrected chi connectivity index (χ2v) is 18.5. The van der Waals surface area contributed by atoms with Crippen LogP contribution in [0.25, 0.3) is 0 Å². The van der Waals surface area contributed by atoms with Gasteiger partial charge in [0.25, 0.3) is 0 Å². The molecule has 0 spiro atoms. The molecule has 0 bridgehead atoms. The minimum absolute atomic E-state index is 0.0891. The molecule has 0 aliphatic rings. The van der Waals surface area contributed by atoms with Crippen molar-refractivity contribution in [3.63, 3.8) is 0 Å². The number of rotatable bonds is 50. The molecule has 0 rings (SSSR count). The molecule has 0 saturated heterocycles. The summed E-state index contributed by atoms with van der Waals surface area (Å²) in [7, 11) is 0. The highest BCUT2D eigenvalue weighted by molar-refractivity contribution is 5.71. The minimum Gasteiger partial charge on any atom is -0.462 e. The van der Waals surface area contributed by atoms with Gasteiger partial charge in [0.05, 0.1) is 0 Å². The number of carbonyl (C=O) groups excluding carboxylic acids is 3. The summed E-state index contributed by atoms with van der Waals surface area (Å²) in [5.41, 5.74) is 0. The number of hydrogen-bond donors (Lipinski definition) is 0. The highest BCUT2D eigenvalue weighted by atomic mass is 16.6. The van der Waals surface area contributed by atoms with Crippen molar-refractivity contribution >= 4 is 17.9 Å². The topological polar surface area (TPSA) is 78.9 Å². The van der Waals surface area contributed by atoms with E-state index in [-0.39, 0.29) is 37.5 Å². The van der Waals surface area contributed by atoms with Crippen LogP contribution in [0.3, 0.4) is 0 Å². The quantitative estimate of drug-likeness (QED) is 0.0262. The predicted octanol–water partition coefficient (Wildman–Crippen LogP) is 18.4. The van der Waals surface area contributed by atoms with Crippen molar-refractivity contribution in [2.75, 3.05) is 13.2 Å². The van der Waals surface area contributed by atoms with Gasteiger partial charge in [-0.15, -0.1) is 0 Å². The first-order valence-electron chi connectivity index (χ1n) is 27.8. The smallest absolute Gasteiger partial charge is 0.306 e. The predicted molar refractivity (Wildman–Crippen MR) is 279 cm³/mol. The minimum atomic E-state index is -0.794. The summed E-state index contributed by atoms with van der Waals surface area (Å²) in [5, 5.41) is 0. The SMILES string of the molecule is CC/C=C\C/C=C\C/C=C\C/C=C\CCCCC(=O)OC(COC(=O)CCCCCCCCCCC/C=C\CCCCCCCC)COC(=O)CCCCCCCCCCCCCCC. The van der Waals surface area contributed by atoms with Gasteiger partial charge in [0.2, 0.25) is 0 Å². The molecule has 0 N–H and O–H groups in total. The summed E-state index contributed by atoms with van der Waals surface area (Å²) in [5.74, 6) is -0.924. The zero-order valence-electron chi connectivity index (χ0n) is 43.0. The molecule has 0 fully saturated rings. The number of esters is 3. The van der Waals surface area contributed by atoms with Crippen LogP contribution in [0.5, 0.6) is 0 Å². The van der Waals surface area contributed by atoms with Crippen LogP contribution in [-0.2, 0) is 28.6 Å². The molecular weight excluding hydrogens is 805 g/mol. The number of carbonyl (C=O) groups is 3. The summed E-state index contributed by atoms with van der Waals surface area (Å²) in [6.45, 7) is 6.50. The maximum absolute atomic E-state index is 12.8. The largest absolute Gasteiger partial charge is 0.462 e. The van der Waals surface area contributed by atoms with Gasteiger partial charge < -0.3 is 14.2 Å². The molecule has 0 radical (unpaired) electrons. The standard InChI is InChI=1S/C59H104O6/c1-4-7-10-13-16-19-22-25-27-28-29-30-32-34-37-40-43-46-49-52-58(61)64-55-56(54-63-57(60)51-48-45-42-39-36-33-24-21-18-15-12-9-6-3)65-59(62)53-50-47-44-41-38-35-31-26-23-20-17-14-11-8-5-2/h8,11,17,20,25-27,31,38,41,56H,4-7,9-10,12-16,18-19,21-24,28-30,32-37,39-40,42-55H2,1-3H3/b11-8-,20-17-,27-25-,31-26-,41-38-. The average Bonchev–Trinajstić information content (AvgIpc) is 3.30. The van der Waals surface area contributed by atoms with Crippen molar-refractivity contribution in [1.29, 1.82) is 0 Å². The fourth-order valence-electron chi connectivity index (χ4n) is 7.84. The first kappa shape index (κ1) is 62.1. The summed E-state index contributed by atoms with van der Waals surface area (Å²) >= 11 is 0. The van der Waals surface area contributed by atoms with Gasteiger partial charge >= 0.3 is 17.9 Å². The molecule has 0 aliphatic carbocycles. The normalized spacial score (nSPS) is 12.5. The summed E-state index contributed by atoms with van der Waals surface area (Å²) in [6.07, 6.45) is 66.4. The van der Waals surface area contributed by atoms with Crippen molar-refractivity contribution < 1.29 is 28.6 Å². The third kappa shape index (κ3) is 51.9. The summed E-state index contributed by atoms with van der Waals surface area (Å²) in [4.78, 5) is 38.1. The molecule has 1 atom stereocenters. The number of hydrogen-bond acceptors (Lipinski definition) is 6. The lowest BCUT2D eigenvalue weighted by molar-refractivity contribution is -0.167. The Balaban J connectivity index is 4.39. The Labute approximate surface area is 402 Å². The van der Waals surface area contributed by atoms with E-state index in [4.69, 9.17) is 14.2 Å². The van der Waals surface area contributed by atoms with Gasteiger partial charge in [-0.2, -0.15) is 0 Å². The van der Waals surface area contributed by atoms with Crippen LogP contribution in [0.2, 0.25) is 0 Å². The molecular formula is C59H104O6. The number of unbranched alkanes of at least 4 members (excludes halogenated alkanes) is 29. The molecule has 376 valence electrons. The van der Waals surface area contributed by atoms with E-state index in [0.717, 1.165) is 77.0 Å². The Hall–Kier alpha value is -2.89. The van der Waals surface area contributed by atoms with Gasteiger partial charge in [0.15, 0.2) is 6.10 Å². The van der Waals surface area contributed by atoms with Gasteiger partial charge in [-0.25, -0.2) is 0 Å². The van der Waals surface area contributed by atoms with E-state index >= 15 is 0 Å². The van der Waals surface area contributed by atoms with Crippen LogP contribution in [0, 0.1) is 0 Å². The lowest BCUT2D eigenvalue weighted by Gasteiger charge is -2.18. The van der Waals surface area contributed by atoms with Crippen LogP contribution in [-0.4, -0.2) is 37.2 Å². The molecule has 0 aromatic heterocycles. The van der Waals surface area contributed by atoms with Gasteiger partial charge in [0.1, 0.15) is 13.2 Å². The van der Waals surface area contributed by atoms with Crippen LogP contribution in [0.4, 0.5) is 0 Å². The average molecular weight is 909 g/mol. The van der Waals surface area contributed by atoms with E-state index in [1.54, 1.807) is 0 Å². The molecule has 0 saturated carbocycles. The highest BCUT2D eigenvalue weighted by Crippen LogP contribution is 2.15. The molecule has 0 heterocycles. The molecule has 0 aromatic rings. The number of ether oxygens (including phenoxy) is 3. The first-order chi connectivity index (χ1) is 32.0. The van der Waals surface area contributed by atoms with E-state index in [9.17, 15) is 14.4 Å². The Morgan fingerprint density at radius 3 is 0.985 bits per heavy atom. The van der Waals surface area contributed by atoms with Gasteiger partial charge in [-0.3, -0.25) is 14.4 Å². The molecule has 1 unspecified atom stereocenters. The van der Waals surface area contributed by atoms with Gasteiger partial charge in [-0.1, -0.05) is 236 Å². The number of allylic oxidation sites excluding steroid dienone is 10. The summed E-state index contributed by atoms with van der Waals surface area (Å²) in [6, 6.07) is 0. The van der Waals surface area contributed by atoms with Crippen molar-refractivity contribution in [3.05, 3.63) is 60.8 Å². The monoisotopic (exact) mass is 909 g/mol. The van der Waals surface area contributed by atoms with E-state index in [1.807, 2.05) is 0 Å². The molecule has 6 heteroatoms. The lowest BCUT2D eigenvalue weighted by atomic mass is 10.0. The molecule has 0 aliphatic heterocycles. The van der Waals surface area contributed by atoms with Crippen LogP contribution in [0.15, 0.2) is 60.8 Å². The van der Waals surface area contributed by atoms with Crippen molar-refractivity contribution in [2.24, 2.45) is 0 Å². The van der Waals surface area contributed by atoms with Gasteiger partial charge in [0, 0.05) is 19.3 Å². The zero-order chi connectivity index (χ0) is 47.2. The second-order valence-electron chi connectivity index (χ2n) is 18.5. The van der Waals surface area contributed by atoms with Crippen molar-refractivity contribution in [2.45, 2.75) is 284 Å². The Morgan fingerprint density at radius 2 is 0.600 bits per heavy atom. The van der Waals surface area contributed by atoms with Gasteiger partial charge in [-0.05, 0) is 83.5 Å². The third-order valence-electron chi connectivity index (χ3n) is 12.0. The van der Waals surface area contributed by atoms with E-state index in [0.29, 0.717) is 19.3 Å². The Bertz CT molecular complexity index is 1180. The van der Waals surface area contributed by atoms with Crippen LogP contribution in [0.1, 0.15) is 278 Å². The van der Waals surface area contributed by atoms with Crippen molar-refractivity contribution in [1.82, 2.24) is 0 Å².